The van der Waals surface area contributed by atoms with Crippen molar-refractivity contribution in [2.75, 3.05) is 0 Å². The van der Waals surface area contributed by atoms with E-state index in [0.29, 0.717) is 18.1 Å². The minimum Gasteiger partial charge on any atom is -0.872 e. The van der Waals surface area contributed by atoms with Crippen LogP contribution in [0.25, 0.3) is 10.8 Å². The molecule has 0 atom stereocenters. The molecule has 124 valence electrons. The van der Waals surface area contributed by atoms with Gasteiger partial charge in [0.2, 0.25) is 0 Å². The van der Waals surface area contributed by atoms with Gasteiger partial charge < -0.3 is 25.7 Å². The van der Waals surface area contributed by atoms with Gasteiger partial charge in [0.25, 0.3) is 0 Å². The molecule has 0 aliphatic heterocycles. The second kappa shape index (κ2) is 11.9. The van der Waals surface area contributed by atoms with Gasteiger partial charge >= 0.3 is 59.1 Å². The number of phenols is 1. The van der Waals surface area contributed by atoms with Gasteiger partial charge in [-0.3, -0.25) is 0 Å². The van der Waals surface area contributed by atoms with Crippen LogP contribution >= 0.6 is 12.0 Å². The first-order valence-corrected chi connectivity index (χ1v) is 7.06. The Bertz CT molecular complexity index is 768. The van der Waals surface area contributed by atoms with Crippen LogP contribution in [0.3, 0.4) is 0 Å². The largest absolute Gasteiger partial charge is 1.00 e. The van der Waals surface area contributed by atoms with Crippen molar-refractivity contribution in [1.29, 1.82) is 0 Å². The fraction of sp³-hybridized carbons (Fsp3) is 0. The van der Waals surface area contributed by atoms with Gasteiger partial charge in [0.05, 0.1) is 16.9 Å². The molecule has 0 heterocycles. The Balaban J connectivity index is -0.00000110. The summed E-state index contributed by atoms with van der Waals surface area (Å²) < 4.78 is 37.0. The van der Waals surface area contributed by atoms with Crippen molar-refractivity contribution in [3.05, 3.63) is 24.3 Å². The maximum absolute atomic E-state index is 11.8. The van der Waals surface area contributed by atoms with Crippen LogP contribution in [0.2, 0.25) is 0 Å². The van der Waals surface area contributed by atoms with E-state index in [-0.39, 0.29) is 85.7 Å². The van der Waals surface area contributed by atoms with Crippen LogP contribution in [0.5, 0.6) is 11.5 Å². The van der Waals surface area contributed by atoms with E-state index < -0.39 is 26.5 Å². The maximum Gasteiger partial charge on any atom is 1.00 e. The maximum atomic E-state index is 11.8. The normalized spacial score (nSPS) is 9.92. The van der Waals surface area contributed by atoms with Crippen molar-refractivity contribution in [1.82, 2.24) is 0 Å². The van der Waals surface area contributed by atoms with Crippen molar-refractivity contribution >= 4 is 32.9 Å². The molecule has 0 aliphatic rings. The van der Waals surface area contributed by atoms with Crippen molar-refractivity contribution in [3.63, 3.8) is 0 Å². The number of rotatable bonds is 4. The monoisotopic (exact) mass is 400 g/mol. The molecule has 0 fully saturated rings. The van der Waals surface area contributed by atoms with E-state index in [1.54, 1.807) is 0 Å². The molecule has 2 rings (SSSR count). The average Bonchev–Trinajstić information content (AvgIpc) is 2.34. The number of benzene rings is 2. The Labute approximate surface area is 184 Å². The van der Waals surface area contributed by atoms with Gasteiger partial charge in [0.1, 0.15) is 15.9 Å². The van der Waals surface area contributed by atoms with Crippen molar-refractivity contribution in [2.45, 2.75) is 9.79 Å². The van der Waals surface area contributed by atoms with Crippen LogP contribution in [0.4, 0.5) is 0 Å². The summed E-state index contributed by atoms with van der Waals surface area (Å²) in [6.45, 7) is 0. The number of hydrogen-bond acceptors (Lipinski definition) is 9. The molecule has 2 aromatic rings. The van der Waals surface area contributed by atoms with Crippen LogP contribution < -0.4 is 64.2 Å². The van der Waals surface area contributed by atoms with Crippen LogP contribution in [-0.2, 0) is 19.5 Å². The molecule has 0 radical (unpaired) electrons. The van der Waals surface area contributed by atoms with Gasteiger partial charge in [-0.15, -0.1) is 4.33 Å². The zero-order valence-electron chi connectivity index (χ0n) is 12.5. The van der Waals surface area contributed by atoms with E-state index in [2.05, 4.69) is 9.37 Å². The van der Waals surface area contributed by atoms with Gasteiger partial charge in [0, 0.05) is 10.3 Å². The number of phenolic OH excluding ortho intramolecular Hbond substituents is 1. The molecule has 2 aromatic carbocycles. The molecule has 0 bridgehead atoms. The molecule has 6 N–H and O–H groups in total. The third kappa shape index (κ3) is 6.93. The standard InChI is InChI=1S/C10H8O8S2.2Na.2H2O/c11-8-3-6(19-18-17-13)1-5-2-7(20(14,15)16)4-9(12)10(5)8;;;;/h1-4,11-13H,(H,14,15,16);;;2*1H2/q;2*+1;;/p-2. The van der Waals surface area contributed by atoms with Crippen molar-refractivity contribution in [2.24, 2.45) is 0 Å². The van der Waals surface area contributed by atoms with E-state index in [9.17, 15) is 23.2 Å². The quantitative estimate of drug-likeness (QED) is 0.164. The molecule has 0 saturated heterocycles. The summed E-state index contributed by atoms with van der Waals surface area (Å²) >= 11 is 0.487. The smallest absolute Gasteiger partial charge is 0.872 e. The van der Waals surface area contributed by atoms with Gasteiger partial charge in [0.15, 0.2) is 0 Å². The van der Waals surface area contributed by atoms with E-state index in [1.165, 1.54) is 6.07 Å². The van der Waals surface area contributed by atoms with Gasteiger partial charge in [-0.2, -0.15) is 0 Å². The first-order chi connectivity index (χ1) is 9.32. The second-order valence-corrected chi connectivity index (χ2v) is 5.80. The Morgan fingerprint density at radius 2 is 1.67 bits per heavy atom. The number of hydrogen-bond donors (Lipinski definition) is 2. The molecule has 0 spiro atoms. The third-order valence-corrected chi connectivity index (χ3v) is 3.76. The minimum atomic E-state index is -4.77. The topological polar surface area (TPSA) is 202 Å². The summed E-state index contributed by atoms with van der Waals surface area (Å²) in [6.07, 6.45) is 0. The number of fused-ring (bicyclic) bond motifs is 1. The molecule has 0 aromatic heterocycles. The molecule has 0 unspecified atom stereocenters. The van der Waals surface area contributed by atoms with Gasteiger partial charge in [-0.25, -0.2) is 13.7 Å². The van der Waals surface area contributed by atoms with E-state index in [4.69, 9.17) is 5.26 Å². The van der Waals surface area contributed by atoms with Crippen LogP contribution in [0.1, 0.15) is 0 Å². The van der Waals surface area contributed by atoms with E-state index in [0.717, 1.165) is 12.1 Å². The molecule has 0 aliphatic carbocycles. The first kappa shape index (κ1) is 29.1. The third-order valence-electron chi connectivity index (χ3n) is 2.39. The van der Waals surface area contributed by atoms with Crippen molar-refractivity contribution in [3.8, 4) is 11.5 Å². The average molecular weight is 400 g/mol. The zero-order chi connectivity index (χ0) is 14.9. The predicted octanol–water partition coefficient (Wildman–Crippen LogP) is -6.69. The van der Waals surface area contributed by atoms with Gasteiger partial charge in [-0.1, -0.05) is 16.9 Å². The van der Waals surface area contributed by atoms with Crippen LogP contribution in [-0.4, -0.2) is 34.3 Å². The molecule has 24 heavy (non-hydrogen) atoms. The second-order valence-electron chi connectivity index (χ2n) is 3.64. The molecular weight excluding hydrogens is 390 g/mol. The Hall–Kier alpha value is 0.360. The molecule has 0 saturated carbocycles. The SMILES string of the molecule is O.O.O=S(=O)([O-])c1cc(O)c2c([O-])cc(SOOO)cc2c1.[Na+].[Na+]. The summed E-state index contributed by atoms with van der Waals surface area (Å²) in [7, 11) is -4.77. The Kier molecular flexibility index (Phi) is 14.4. The van der Waals surface area contributed by atoms with E-state index >= 15 is 0 Å². The minimum absolute atomic E-state index is 0. The zero-order valence-corrected chi connectivity index (χ0v) is 18.1. The summed E-state index contributed by atoms with van der Waals surface area (Å²) in [5, 5.41) is 32.7. The Morgan fingerprint density at radius 3 is 2.17 bits per heavy atom. The van der Waals surface area contributed by atoms with E-state index in [1.807, 2.05) is 0 Å². The molecular formula is C10H10Na2O10S2. The molecule has 0 amide bonds. The predicted molar refractivity (Wildman–Crippen MR) is 70.9 cm³/mol. The summed E-state index contributed by atoms with van der Waals surface area (Å²) in [5.41, 5.74) is 0. The van der Waals surface area contributed by atoms with Crippen LogP contribution in [0, 0.1) is 0 Å². The Morgan fingerprint density at radius 1 is 1.08 bits per heavy atom. The first-order valence-electron chi connectivity index (χ1n) is 4.91. The van der Waals surface area contributed by atoms with Crippen molar-refractivity contribution < 1.29 is 108 Å². The summed E-state index contributed by atoms with van der Waals surface area (Å²) in [6, 6.07) is 4.04. The summed E-state index contributed by atoms with van der Waals surface area (Å²) in [4.78, 5) is -0.486. The molecule has 14 heteroatoms. The van der Waals surface area contributed by atoms with Gasteiger partial charge in [-0.05, 0) is 23.6 Å². The fourth-order valence-corrected chi connectivity index (χ4v) is 2.61. The van der Waals surface area contributed by atoms with Crippen LogP contribution in [0.15, 0.2) is 34.1 Å². The molecule has 10 nitrogen and oxygen atoms in total. The number of aromatic hydroxyl groups is 1. The summed E-state index contributed by atoms with van der Waals surface area (Å²) in [5.74, 6) is -1.23. The fourth-order valence-electron chi connectivity index (χ4n) is 1.65.